The molecule has 1 atom stereocenters. The van der Waals surface area contributed by atoms with E-state index in [-0.39, 0.29) is 11.9 Å². The van der Waals surface area contributed by atoms with Gasteiger partial charge in [-0.05, 0) is 35.8 Å². The molecule has 0 spiro atoms. The zero-order chi connectivity index (χ0) is 22.8. The summed E-state index contributed by atoms with van der Waals surface area (Å²) >= 11 is 6.38. The second-order valence-corrected chi connectivity index (χ2v) is 8.01. The molecule has 1 fully saturated rings. The number of benzene rings is 2. The van der Waals surface area contributed by atoms with Gasteiger partial charge in [0.1, 0.15) is 0 Å². The summed E-state index contributed by atoms with van der Waals surface area (Å²) in [7, 11) is 1.57. The lowest BCUT2D eigenvalue weighted by Crippen LogP contribution is -2.42. The van der Waals surface area contributed by atoms with E-state index in [1.165, 1.54) is 6.08 Å². The molecule has 0 aromatic heterocycles. The minimum atomic E-state index is -0.173. The number of morpholine rings is 1. The predicted octanol–water partition coefficient (Wildman–Crippen LogP) is 4.34. The molecule has 3 rings (SSSR count). The highest BCUT2D eigenvalue weighted by Gasteiger charge is 2.19. The maximum atomic E-state index is 12.8. The fourth-order valence-electron chi connectivity index (χ4n) is 3.53. The van der Waals surface area contributed by atoms with E-state index >= 15 is 0 Å². The van der Waals surface area contributed by atoms with Gasteiger partial charge in [-0.3, -0.25) is 9.69 Å². The quantitative estimate of drug-likeness (QED) is 0.537. The molecular weight excluding hydrogens is 428 g/mol. The molecule has 172 valence electrons. The van der Waals surface area contributed by atoms with Crippen molar-refractivity contribution in [1.29, 1.82) is 0 Å². The Hall–Kier alpha value is -2.54. The third kappa shape index (κ3) is 6.99. The summed E-state index contributed by atoms with van der Waals surface area (Å²) in [6, 6.07) is 13.5. The maximum absolute atomic E-state index is 12.8. The van der Waals surface area contributed by atoms with Crippen LogP contribution in [0.1, 0.15) is 30.5 Å². The Balaban J connectivity index is 1.70. The molecule has 1 saturated heterocycles. The zero-order valence-corrected chi connectivity index (χ0v) is 19.4. The van der Waals surface area contributed by atoms with E-state index in [2.05, 4.69) is 10.2 Å². The first kappa shape index (κ1) is 24.1. The van der Waals surface area contributed by atoms with Crippen molar-refractivity contribution in [2.24, 2.45) is 0 Å². The van der Waals surface area contributed by atoms with E-state index in [9.17, 15) is 4.79 Å². The molecule has 1 amide bonds. The van der Waals surface area contributed by atoms with Crippen molar-refractivity contribution < 1.29 is 19.0 Å². The molecule has 1 aliphatic heterocycles. The average Bonchev–Trinajstić information content (AvgIpc) is 2.82. The molecule has 6 nitrogen and oxygen atoms in total. The minimum absolute atomic E-state index is 0.116. The minimum Gasteiger partial charge on any atom is -0.493 e. The Labute approximate surface area is 195 Å². The average molecular weight is 459 g/mol. The number of carbonyl (C=O) groups excluding carboxylic acids is 1. The molecule has 32 heavy (non-hydrogen) atoms. The van der Waals surface area contributed by atoms with Crippen LogP contribution >= 0.6 is 11.6 Å². The molecular formula is C25H31ClN2O4. The first-order valence-electron chi connectivity index (χ1n) is 10.9. The fraction of sp³-hybridized carbons (Fsp3) is 0.400. The Bertz CT molecular complexity index is 898. The van der Waals surface area contributed by atoms with Crippen LogP contribution < -0.4 is 14.8 Å². The highest BCUT2D eigenvalue weighted by Crippen LogP contribution is 2.36. The van der Waals surface area contributed by atoms with E-state index in [1.807, 2.05) is 43.3 Å². The molecule has 2 aromatic carbocycles. The number of halogens is 1. The monoisotopic (exact) mass is 458 g/mol. The van der Waals surface area contributed by atoms with Gasteiger partial charge in [0, 0.05) is 25.7 Å². The smallest absolute Gasteiger partial charge is 0.244 e. The molecule has 1 aliphatic rings. The van der Waals surface area contributed by atoms with Crippen molar-refractivity contribution in [1.82, 2.24) is 10.2 Å². The van der Waals surface area contributed by atoms with Crippen molar-refractivity contribution in [3.05, 3.63) is 64.7 Å². The molecule has 1 heterocycles. The van der Waals surface area contributed by atoms with Gasteiger partial charge in [0.25, 0.3) is 0 Å². The maximum Gasteiger partial charge on any atom is 0.244 e. The van der Waals surface area contributed by atoms with Gasteiger partial charge in [0.2, 0.25) is 5.91 Å². The van der Waals surface area contributed by atoms with Crippen LogP contribution in [0.15, 0.2) is 48.5 Å². The van der Waals surface area contributed by atoms with E-state index in [1.54, 1.807) is 19.3 Å². The molecule has 7 heteroatoms. The Morgan fingerprint density at radius 1 is 1.25 bits per heavy atom. The number of methoxy groups -OCH3 is 1. The van der Waals surface area contributed by atoms with Gasteiger partial charge in [-0.15, -0.1) is 0 Å². The van der Waals surface area contributed by atoms with Crippen LogP contribution in [0.25, 0.3) is 6.08 Å². The summed E-state index contributed by atoms with van der Waals surface area (Å²) in [5.41, 5.74) is 1.83. The summed E-state index contributed by atoms with van der Waals surface area (Å²) < 4.78 is 16.6. The Kier molecular flexibility index (Phi) is 9.41. The summed E-state index contributed by atoms with van der Waals surface area (Å²) in [5, 5.41) is 3.59. The Morgan fingerprint density at radius 2 is 2.00 bits per heavy atom. The molecule has 2 aromatic rings. The summed E-state index contributed by atoms with van der Waals surface area (Å²) in [6.45, 7) is 6.47. The van der Waals surface area contributed by atoms with Crippen molar-refractivity contribution in [3.8, 4) is 11.5 Å². The van der Waals surface area contributed by atoms with Gasteiger partial charge in [0.05, 0.1) is 38.0 Å². The summed E-state index contributed by atoms with van der Waals surface area (Å²) in [4.78, 5) is 15.1. The highest BCUT2D eigenvalue weighted by atomic mass is 35.5. The molecule has 0 aliphatic carbocycles. The van der Waals surface area contributed by atoms with Crippen LogP contribution in [0.2, 0.25) is 5.02 Å². The van der Waals surface area contributed by atoms with E-state index in [4.69, 9.17) is 25.8 Å². The van der Waals surface area contributed by atoms with Crippen molar-refractivity contribution >= 4 is 23.6 Å². The number of nitrogens with zero attached hydrogens (tertiary/aromatic N) is 1. The fourth-order valence-corrected chi connectivity index (χ4v) is 3.81. The van der Waals surface area contributed by atoms with Gasteiger partial charge in [0.15, 0.2) is 11.5 Å². The third-order valence-electron chi connectivity index (χ3n) is 5.19. The summed E-state index contributed by atoms with van der Waals surface area (Å²) in [6.07, 6.45) is 4.12. The van der Waals surface area contributed by atoms with Crippen molar-refractivity contribution in [2.75, 3.05) is 46.6 Å². The van der Waals surface area contributed by atoms with E-state index < -0.39 is 0 Å². The second-order valence-electron chi connectivity index (χ2n) is 7.60. The molecule has 0 radical (unpaired) electrons. The topological polar surface area (TPSA) is 60.0 Å². The first-order chi connectivity index (χ1) is 15.6. The van der Waals surface area contributed by atoms with Gasteiger partial charge in [-0.25, -0.2) is 0 Å². The highest BCUT2D eigenvalue weighted by molar-refractivity contribution is 6.32. The largest absolute Gasteiger partial charge is 0.493 e. The van der Waals surface area contributed by atoms with Crippen LogP contribution in [0.5, 0.6) is 11.5 Å². The number of hydrogen-bond acceptors (Lipinski definition) is 5. The van der Waals surface area contributed by atoms with Crippen LogP contribution in [0.4, 0.5) is 0 Å². The van der Waals surface area contributed by atoms with Crippen LogP contribution in [-0.2, 0) is 9.53 Å². The first-order valence-corrected chi connectivity index (χ1v) is 11.3. The SMILES string of the molecule is CCCOc1c(Cl)cc(/C=C/C(=O)NC(CN2CCOCC2)c2ccccc2)cc1OC. The zero-order valence-electron chi connectivity index (χ0n) is 18.7. The number of rotatable bonds is 10. The molecule has 0 saturated carbocycles. The normalized spacial score (nSPS) is 15.5. The van der Waals surface area contributed by atoms with E-state index in [0.29, 0.717) is 23.1 Å². The molecule has 0 bridgehead atoms. The number of hydrogen-bond donors (Lipinski definition) is 1. The predicted molar refractivity (Wildman–Crippen MR) is 127 cm³/mol. The number of carbonyl (C=O) groups is 1. The van der Waals surface area contributed by atoms with Gasteiger partial charge >= 0.3 is 0 Å². The Morgan fingerprint density at radius 3 is 2.69 bits per heavy atom. The second kappa shape index (κ2) is 12.5. The van der Waals surface area contributed by atoms with Gasteiger partial charge < -0.3 is 19.5 Å². The standard InChI is InChI=1S/C25H31ClN2O4/c1-3-13-32-25-21(26)16-19(17-23(25)30-2)9-10-24(29)27-22(20-7-5-4-6-8-20)18-28-11-14-31-15-12-28/h4-10,16-17,22H,3,11-15,18H2,1-2H3,(H,27,29)/b10-9+. The summed E-state index contributed by atoms with van der Waals surface area (Å²) in [5.74, 6) is 0.890. The van der Waals surface area contributed by atoms with Gasteiger partial charge in [-0.1, -0.05) is 48.9 Å². The number of ether oxygens (including phenoxy) is 3. The van der Waals surface area contributed by atoms with Crippen molar-refractivity contribution in [3.63, 3.8) is 0 Å². The lowest BCUT2D eigenvalue weighted by Gasteiger charge is -2.31. The third-order valence-corrected chi connectivity index (χ3v) is 5.47. The van der Waals surface area contributed by atoms with Crippen LogP contribution in [-0.4, -0.2) is 57.4 Å². The van der Waals surface area contributed by atoms with Crippen LogP contribution in [0.3, 0.4) is 0 Å². The van der Waals surface area contributed by atoms with Crippen LogP contribution in [0, 0.1) is 0 Å². The van der Waals surface area contributed by atoms with Crippen molar-refractivity contribution in [2.45, 2.75) is 19.4 Å². The lowest BCUT2D eigenvalue weighted by atomic mass is 10.1. The molecule has 1 N–H and O–H groups in total. The number of amides is 1. The lowest BCUT2D eigenvalue weighted by molar-refractivity contribution is -0.117. The van der Waals surface area contributed by atoms with E-state index in [0.717, 1.165) is 50.4 Å². The molecule has 1 unspecified atom stereocenters. The van der Waals surface area contributed by atoms with Gasteiger partial charge in [-0.2, -0.15) is 0 Å². The number of nitrogens with one attached hydrogen (secondary N) is 1.